The Hall–Kier alpha value is -0.990. The van der Waals surface area contributed by atoms with E-state index < -0.39 is 6.09 Å². The van der Waals surface area contributed by atoms with E-state index in [4.69, 9.17) is 5.11 Å². The first-order valence-corrected chi connectivity index (χ1v) is 3.84. The van der Waals surface area contributed by atoms with Crippen LogP contribution in [0, 0.1) is 0 Å². The number of amides is 1. The maximum atomic E-state index is 10.5. The summed E-state index contributed by atoms with van der Waals surface area (Å²) in [5, 5.41) is 8.65. The number of likely N-dealkylation sites (tertiary alicyclic amines) is 1. The third-order valence-corrected chi connectivity index (χ3v) is 1.96. The van der Waals surface area contributed by atoms with Crippen molar-refractivity contribution in [2.24, 2.45) is 0 Å². The van der Waals surface area contributed by atoms with Crippen molar-refractivity contribution in [1.29, 1.82) is 0 Å². The van der Waals surface area contributed by atoms with Gasteiger partial charge in [-0.15, -0.1) is 0 Å². The molecule has 0 radical (unpaired) electrons. The Morgan fingerprint density at radius 2 is 2.18 bits per heavy atom. The van der Waals surface area contributed by atoms with Gasteiger partial charge in [-0.3, -0.25) is 0 Å². The molecule has 1 N–H and O–H groups in total. The normalized spacial score (nSPS) is 19.6. The molecule has 11 heavy (non-hydrogen) atoms. The van der Waals surface area contributed by atoms with E-state index >= 15 is 0 Å². The summed E-state index contributed by atoms with van der Waals surface area (Å²) in [5.74, 6) is 0. The molecule has 0 spiro atoms. The summed E-state index contributed by atoms with van der Waals surface area (Å²) in [5.41, 5.74) is 1.17. The van der Waals surface area contributed by atoms with Crippen LogP contribution in [0.3, 0.4) is 0 Å². The van der Waals surface area contributed by atoms with Crippen LogP contribution in [-0.2, 0) is 0 Å². The molecule has 3 nitrogen and oxygen atoms in total. The van der Waals surface area contributed by atoms with Gasteiger partial charge in [0.05, 0.1) is 0 Å². The minimum absolute atomic E-state index is 0.619. The quantitative estimate of drug-likeness (QED) is 0.541. The highest BCUT2D eigenvalue weighted by atomic mass is 16.4. The number of hydrogen-bond acceptors (Lipinski definition) is 1. The standard InChI is InChI=1S/C8H13NO2/c1-7-3-2-5-9(6-4-7)8(10)11/h1-6H2,(H,10,11). The molecule has 0 aromatic rings. The fourth-order valence-electron chi connectivity index (χ4n) is 1.24. The van der Waals surface area contributed by atoms with Crippen molar-refractivity contribution in [1.82, 2.24) is 4.90 Å². The summed E-state index contributed by atoms with van der Waals surface area (Å²) < 4.78 is 0. The van der Waals surface area contributed by atoms with Crippen LogP contribution in [-0.4, -0.2) is 29.2 Å². The molecule has 1 amide bonds. The Bertz CT molecular complexity index is 177. The highest BCUT2D eigenvalue weighted by Crippen LogP contribution is 2.13. The largest absolute Gasteiger partial charge is 0.465 e. The van der Waals surface area contributed by atoms with E-state index in [2.05, 4.69) is 6.58 Å². The van der Waals surface area contributed by atoms with Crippen LogP contribution in [0.4, 0.5) is 4.79 Å². The summed E-state index contributed by atoms with van der Waals surface area (Å²) in [6.45, 7) is 5.13. The van der Waals surface area contributed by atoms with Crippen molar-refractivity contribution in [3.63, 3.8) is 0 Å². The number of carbonyl (C=O) groups is 1. The molecule has 0 bridgehead atoms. The SMILES string of the molecule is C=C1CCCN(C(=O)O)CC1. The molecule has 1 heterocycles. The molecular weight excluding hydrogens is 142 g/mol. The molecule has 3 heteroatoms. The Morgan fingerprint density at radius 1 is 1.45 bits per heavy atom. The van der Waals surface area contributed by atoms with Crippen LogP contribution >= 0.6 is 0 Å². The van der Waals surface area contributed by atoms with Crippen LogP contribution in [0.25, 0.3) is 0 Å². The van der Waals surface area contributed by atoms with E-state index in [9.17, 15) is 4.79 Å². The lowest BCUT2D eigenvalue weighted by atomic mass is 10.1. The number of rotatable bonds is 0. The van der Waals surface area contributed by atoms with Crippen LogP contribution in [0.15, 0.2) is 12.2 Å². The highest BCUT2D eigenvalue weighted by molar-refractivity contribution is 5.64. The van der Waals surface area contributed by atoms with Gasteiger partial charge in [0.1, 0.15) is 0 Å². The molecule has 1 saturated heterocycles. The summed E-state index contributed by atoms with van der Waals surface area (Å²) in [7, 11) is 0. The van der Waals surface area contributed by atoms with E-state index in [1.54, 1.807) is 0 Å². The van der Waals surface area contributed by atoms with Gasteiger partial charge in [0, 0.05) is 13.1 Å². The molecule has 62 valence electrons. The van der Waals surface area contributed by atoms with Gasteiger partial charge in [0.15, 0.2) is 0 Å². The minimum atomic E-state index is -0.806. The fourth-order valence-corrected chi connectivity index (χ4v) is 1.24. The van der Waals surface area contributed by atoms with E-state index in [1.807, 2.05) is 0 Å². The molecule has 0 unspecified atom stereocenters. The summed E-state index contributed by atoms with van der Waals surface area (Å²) in [4.78, 5) is 12.0. The Kier molecular flexibility index (Phi) is 2.52. The first-order valence-electron chi connectivity index (χ1n) is 3.84. The lowest BCUT2D eigenvalue weighted by molar-refractivity contribution is 0.147. The van der Waals surface area contributed by atoms with Crippen molar-refractivity contribution in [3.05, 3.63) is 12.2 Å². The third kappa shape index (κ3) is 2.26. The highest BCUT2D eigenvalue weighted by Gasteiger charge is 2.14. The molecule has 0 aromatic carbocycles. The maximum Gasteiger partial charge on any atom is 0.407 e. The molecule has 0 atom stereocenters. The van der Waals surface area contributed by atoms with Crippen LogP contribution < -0.4 is 0 Å². The molecule has 1 fully saturated rings. The Balaban J connectivity index is 2.46. The minimum Gasteiger partial charge on any atom is -0.465 e. The van der Waals surface area contributed by atoms with Crippen molar-refractivity contribution in [2.75, 3.05) is 13.1 Å². The van der Waals surface area contributed by atoms with E-state index in [1.165, 1.54) is 10.5 Å². The van der Waals surface area contributed by atoms with E-state index in [-0.39, 0.29) is 0 Å². The second-order valence-electron chi connectivity index (χ2n) is 2.87. The van der Waals surface area contributed by atoms with Gasteiger partial charge in [-0.25, -0.2) is 4.79 Å². The zero-order valence-corrected chi connectivity index (χ0v) is 6.55. The molecule has 1 aliphatic heterocycles. The second-order valence-corrected chi connectivity index (χ2v) is 2.87. The van der Waals surface area contributed by atoms with Crippen molar-refractivity contribution < 1.29 is 9.90 Å². The zero-order chi connectivity index (χ0) is 8.27. The first kappa shape index (κ1) is 8.11. The van der Waals surface area contributed by atoms with Crippen molar-refractivity contribution >= 4 is 6.09 Å². The van der Waals surface area contributed by atoms with Gasteiger partial charge < -0.3 is 10.0 Å². The predicted octanol–water partition coefficient (Wildman–Crippen LogP) is 1.71. The van der Waals surface area contributed by atoms with Gasteiger partial charge in [-0.2, -0.15) is 0 Å². The summed E-state index contributed by atoms with van der Waals surface area (Å²) in [6, 6.07) is 0. The van der Waals surface area contributed by atoms with Gasteiger partial charge in [-0.1, -0.05) is 12.2 Å². The molecule has 1 aliphatic rings. The lowest BCUT2D eigenvalue weighted by Crippen LogP contribution is -2.29. The predicted molar refractivity (Wildman–Crippen MR) is 42.6 cm³/mol. The monoisotopic (exact) mass is 155 g/mol. The van der Waals surface area contributed by atoms with E-state index in [0.29, 0.717) is 13.1 Å². The topological polar surface area (TPSA) is 40.5 Å². The average Bonchev–Trinajstić information content (AvgIpc) is 2.13. The average molecular weight is 155 g/mol. The number of nitrogens with zero attached hydrogens (tertiary/aromatic N) is 1. The molecule has 1 rings (SSSR count). The van der Waals surface area contributed by atoms with Gasteiger partial charge in [0.25, 0.3) is 0 Å². The van der Waals surface area contributed by atoms with Crippen LogP contribution in [0.2, 0.25) is 0 Å². The molecule has 0 aromatic heterocycles. The summed E-state index contributed by atoms with van der Waals surface area (Å²) >= 11 is 0. The van der Waals surface area contributed by atoms with Crippen LogP contribution in [0.5, 0.6) is 0 Å². The first-order chi connectivity index (χ1) is 5.20. The molecule has 0 saturated carbocycles. The number of hydrogen-bond donors (Lipinski definition) is 1. The fraction of sp³-hybridized carbons (Fsp3) is 0.625. The Labute approximate surface area is 66.3 Å². The van der Waals surface area contributed by atoms with Crippen molar-refractivity contribution in [3.8, 4) is 0 Å². The lowest BCUT2D eigenvalue weighted by Gasteiger charge is -2.14. The van der Waals surface area contributed by atoms with Crippen LogP contribution in [0.1, 0.15) is 19.3 Å². The smallest absolute Gasteiger partial charge is 0.407 e. The Morgan fingerprint density at radius 3 is 2.82 bits per heavy atom. The van der Waals surface area contributed by atoms with Gasteiger partial charge in [-0.05, 0) is 19.3 Å². The third-order valence-electron chi connectivity index (χ3n) is 1.96. The summed E-state index contributed by atoms with van der Waals surface area (Å²) in [6.07, 6.45) is 1.92. The van der Waals surface area contributed by atoms with Crippen molar-refractivity contribution in [2.45, 2.75) is 19.3 Å². The van der Waals surface area contributed by atoms with E-state index in [0.717, 1.165) is 19.3 Å². The molecular formula is C8H13NO2. The second kappa shape index (κ2) is 3.42. The zero-order valence-electron chi connectivity index (χ0n) is 6.55. The number of carboxylic acid groups (broad SMARTS) is 1. The van der Waals surface area contributed by atoms with Gasteiger partial charge in [0.2, 0.25) is 0 Å². The molecule has 0 aliphatic carbocycles. The van der Waals surface area contributed by atoms with Gasteiger partial charge >= 0.3 is 6.09 Å². The maximum absolute atomic E-state index is 10.5.